The summed E-state index contributed by atoms with van der Waals surface area (Å²) in [6, 6.07) is 14.0. The molecule has 1 aromatic heterocycles. The summed E-state index contributed by atoms with van der Waals surface area (Å²) in [5.41, 5.74) is 1.71. The van der Waals surface area contributed by atoms with E-state index in [2.05, 4.69) is 27.1 Å². The number of rotatable bonds is 3. The fourth-order valence-corrected chi connectivity index (χ4v) is 2.79. The highest BCUT2D eigenvalue weighted by Gasteiger charge is 2.15. The van der Waals surface area contributed by atoms with E-state index < -0.39 is 6.10 Å². The highest BCUT2D eigenvalue weighted by molar-refractivity contribution is 9.10. The fraction of sp³-hybridized carbons (Fsp3) is 0.188. The third-order valence-corrected chi connectivity index (χ3v) is 3.96. The highest BCUT2D eigenvalue weighted by Crippen LogP contribution is 2.27. The molecule has 0 saturated heterocycles. The lowest BCUT2D eigenvalue weighted by molar-refractivity contribution is 0.208. The predicted octanol–water partition coefficient (Wildman–Crippen LogP) is 3.90. The van der Waals surface area contributed by atoms with E-state index in [1.165, 1.54) is 0 Å². The van der Waals surface area contributed by atoms with E-state index in [4.69, 9.17) is 0 Å². The molecule has 0 bridgehead atoms. The molecule has 0 aliphatic carbocycles. The zero-order valence-electron chi connectivity index (χ0n) is 11.1. The van der Waals surface area contributed by atoms with Crippen molar-refractivity contribution in [3.8, 4) is 0 Å². The molecule has 2 aromatic carbocycles. The van der Waals surface area contributed by atoms with Crippen LogP contribution in [0.5, 0.6) is 0 Å². The van der Waals surface area contributed by atoms with Crippen LogP contribution < -0.4 is 0 Å². The van der Waals surface area contributed by atoms with Gasteiger partial charge in [0.05, 0.1) is 5.69 Å². The highest BCUT2D eigenvalue weighted by atomic mass is 79.9. The molecule has 0 radical (unpaired) electrons. The van der Waals surface area contributed by atoms with E-state index in [-0.39, 0.29) is 0 Å². The van der Waals surface area contributed by atoms with Crippen molar-refractivity contribution in [2.75, 3.05) is 0 Å². The Hall–Kier alpha value is -1.65. The van der Waals surface area contributed by atoms with Crippen LogP contribution in [-0.2, 0) is 6.54 Å². The number of hydrogen-bond acceptors (Lipinski definition) is 2. The molecule has 20 heavy (non-hydrogen) atoms. The van der Waals surface area contributed by atoms with Gasteiger partial charge in [0.25, 0.3) is 0 Å². The molecule has 102 valence electrons. The SMILES string of the molecule is CCn1nccc1C(O)c1ccc2cc(Br)ccc2c1. The third-order valence-electron chi connectivity index (χ3n) is 3.47. The molecular weight excluding hydrogens is 316 g/mol. The predicted molar refractivity (Wildman–Crippen MR) is 83.6 cm³/mol. The minimum Gasteiger partial charge on any atom is -0.382 e. The second-order valence-electron chi connectivity index (χ2n) is 4.73. The lowest BCUT2D eigenvalue weighted by Crippen LogP contribution is -2.08. The Morgan fingerprint density at radius 3 is 2.70 bits per heavy atom. The average Bonchev–Trinajstić information content (AvgIpc) is 2.94. The van der Waals surface area contributed by atoms with Gasteiger partial charge < -0.3 is 5.11 Å². The number of aliphatic hydroxyl groups excluding tert-OH is 1. The van der Waals surface area contributed by atoms with Gasteiger partial charge >= 0.3 is 0 Å². The van der Waals surface area contributed by atoms with Crippen molar-refractivity contribution in [3.63, 3.8) is 0 Å². The first-order chi connectivity index (χ1) is 9.69. The molecule has 1 N–H and O–H groups in total. The summed E-state index contributed by atoms with van der Waals surface area (Å²) in [5, 5.41) is 17.0. The molecule has 0 saturated carbocycles. The van der Waals surface area contributed by atoms with E-state index >= 15 is 0 Å². The summed E-state index contributed by atoms with van der Waals surface area (Å²) >= 11 is 3.47. The van der Waals surface area contributed by atoms with Crippen molar-refractivity contribution >= 4 is 26.7 Å². The zero-order valence-corrected chi connectivity index (χ0v) is 12.7. The van der Waals surface area contributed by atoms with E-state index in [9.17, 15) is 5.11 Å². The van der Waals surface area contributed by atoms with Crippen LogP contribution in [-0.4, -0.2) is 14.9 Å². The topological polar surface area (TPSA) is 38.0 Å². The van der Waals surface area contributed by atoms with Crippen LogP contribution in [0.15, 0.2) is 53.1 Å². The van der Waals surface area contributed by atoms with Crippen molar-refractivity contribution < 1.29 is 5.11 Å². The first-order valence-electron chi connectivity index (χ1n) is 6.58. The average molecular weight is 331 g/mol. The monoisotopic (exact) mass is 330 g/mol. The van der Waals surface area contributed by atoms with Gasteiger partial charge in [0, 0.05) is 17.2 Å². The maximum absolute atomic E-state index is 10.5. The standard InChI is InChI=1S/C16H15BrN2O/c1-2-19-15(7-8-18-19)16(20)13-4-3-12-10-14(17)6-5-11(12)9-13/h3-10,16,20H,2H2,1H3. The van der Waals surface area contributed by atoms with Gasteiger partial charge in [-0.1, -0.05) is 34.1 Å². The minimum atomic E-state index is -0.648. The fourth-order valence-electron chi connectivity index (χ4n) is 2.42. The van der Waals surface area contributed by atoms with Gasteiger partial charge in [0.1, 0.15) is 6.10 Å². The van der Waals surface area contributed by atoms with Crippen LogP contribution in [0.2, 0.25) is 0 Å². The largest absolute Gasteiger partial charge is 0.382 e. The molecule has 3 rings (SSSR count). The molecule has 0 fully saturated rings. The molecule has 0 amide bonds. The smallest absolute Gasteiger partial charge is 0.121 e. The molecule has 1 atom stereocenters. The van der Waals surface area contributed by atoms with Crippen molar-refractivity contribution in [3.05, 3.63) is 64.4 Å². The molecule has 1 heterocycles. The Bertz CT molecular complexity index is 751. The lowest BCUT2D eigenvalue weighted by Gasteiger charge is -2.13. The maximum atomic E-state index is 10.5. The van der Waals surface area contributed by atoms with Crippen molar-refractivity contribution in [2.24, 2.45) is 0 Å². The number of halogens is 1. The van der Waals surface area contributed by atoms with Crippen LogP contribution in [0.1, 0.15) is 24.3 Å². The minimum absolute atomic E-state index is 0.648. The number of benzene rings is 2. The zero-order chi connectivity index (χ0) is 14.1. The van der Waals surface area contributed by atoms with Gasteiger partial charge in [-0.15, -0.1) is 0 Å². The summed E-state index contributed by atoms with van der Waals surface area (Å²) in [4.78, 5) is 0. The summed E-state index contributed by atoms with van der Waals surface area (Å²) in [6.07, 6.45) is 1.07. The molecule has 0 aliphatic heterocycles. The Morgan fingerprint density at radius 1 is 1.15 bits per heavy atom. The first kappa shape index (κ1) is 13.3. The van der Waals surface area contributed by atoms with Crippen molar-refractivity contribution in [1.29, 1.82) is 0 Å². The molecule has 0 spiro atoms. The first-order valence-corrected chi connectivity index (χ1v) is 7.37. The number of aryl methyl sites for hydroxylation is 1. The Labute approximate surface area is 126 Å². The molecule has 3 nitrogen and oxygen atoms in total. The number of aromatic nitrogens is 2. The summed E-state index contributed by atoms with van der Waals surface area (Å²) in [5.74, 6) is 0. The quantitative estimate of drug-likeness (QED) is 0.790. The Kier molecular flexibility index (Phi) is 3.59. The summed E-state index contributed by atoms with van der Waals surface area (Å²) in [6.45, 7) is 2.76. The molecule has 0 aliphatic rings. The number of hydrogen-bond donors (Lipinski definition) is 1. The van der Waals surface area contributed by atoms with Gasteiger partial charge in [-0.05, 0) is 47.5 Å². The second-order valence-corrected chi connectivity index (χ2v) is 5.64. The molecular formula is C16H15BrN2O. The van der Waals surface area contributed by atoms with E-state index in [1.54, 1.807) is 6.20 Å². The van der Waals surface area contributed by atoms with Crippen molar-refractivity contribution in [2.45, 2.75) is 19.6 Å². The lowest BCUT2D eigenvalue weighted by atomic mass is 10.0. The van der Waals surface area contributed by atoms with Crippen molar-refractivity contribution in [1.82, 2.24) is 9.78 Å². The summed E-state index contributed by atoms with van der Waals surface area (Å²) in [7, 11) is 0. The van der Waals surface area contributed by atoms with Gasteiger partial charge in [-0.25, -0.2) is 0 Å². The maximum Gasteiger partial charge on any atom is 0.121 e. The number of nitrogens with zero attached hydrogens (tertiary/aromatic N) is 2. The van der Waals surface area contributed by atoms with Gasteiger partial charge in [0.2, 0.25) is 0 Å². The second kappa shape index (κ2) is 5.38. The van der Waals surface area contributed by atoms with Crippen LogP contribution >= 0.6 is 15.9 Å². The van der Waals surface area contributed by atoms with Gasteiger partial charge in [-0.2, -0.15) is 5.10 Å². The van der Waals surface area contributed by atoms with Crippen LogP contribution in [0, 0.1) is 0 Å². The number of aliphatic hydroxyl groups is 1. The van der Waals surface area contributed by atoms with Crippen LogP contribution in [0.3, 0.4) is 0 Å². The third kappa shape index (κ3) is 2.37. The van der Waals surface area contributed by atoms with Gasteiger partial charge in [-0.3, -0.25) is 4.68 Å². The Morgan fingerprint density at radius 2 is 1.90 bits per heavy atom. The van der Waals surface area contributed by atoms with Crippen LogP contribution in [0.25, 0.3) is 10.8 Å². The summed E-state index contributed by atoms with van der Waals surface area (Å²) < 4.78 is 2.87. The normalized spacial score (nSPS) is 12.8. The van der Waals surface area contributed by atoms with Gasteiger partial charge in [0.15, 0.2) is 0 Å². The number of fused-ring (bicyclic) bond motifs is 1. The molecule has 3 aromatic rings. The van der Waals surface area contributed by atoms with E-state index in [0.29, 0.717) is 0 Å². The molecule has 4 heteroatoms. The van der Waals surface area contributed by atoms with Crippen LogP contribution in [0.4, 0.5) is 0 Å². The molecule has 1 unspecified atom stereocenters. The Balaban J connectivity index is 2.03. The van der Waals surface area contributed by atoms with E-state index in [1.807, 2.05) is 48.0 Å². The van der Waals surface area contributed by atoms with E-state index in [0.717, 1.165) is 33.0 Å².